The maximum absolute atomic E-state index is 13.5. The largest absolute Gasteiger partial charge is 0.461 e. The van der Waals surface area contributed by atoms with Crippen LogP contribution in [0.4, 0.5) is 4.39 Å². The van der Waals surface area contributed by atoms with Gasteiger partial charge in [-0.3, -0.25) is 0 Å². The Bertz CT molecular complexity index is 604. The lowest BCUT2D eigenvalue weighted by atomic mass is 9.88. The lowest BCUT2D eigenvalue weighted by molar-refractivity contribution is -0.0998. The van der Waals surface area contributed by atoms with Gasteiger partial charge in [-0.05, 0) is 31.0 Å². The van der Waals surface area contributed by atoms with Gasteiger partial charge in [-0.2, -0.15) is 0 Å². The standard InChI is InChI=1S/C16H20FNO2/c1-11(18-8-16(2)9-19-10-16)5-12-3-4-15-13(6-12)14(17)7-20-15/h3-4,6-7,11,18H,5,8-10H2,1-2H3. The minimum atomic E-state index is -0.290. The fourth-order valence-corrected chi connectivity index (χ4v) is 2.57. The molecule has 1 aromatic carbocycles. The van der Waals surface area contributed by atoms with Crippen LogP contribution in [0.2, 0.25) is 0 Å². The van der Waals surface area contributed by atoms with Gasteiger partial charge in [-0.1, -0.05) is 13.0 Å². The van der Waals surface area contributed by atoms with Crippen LogP contribution < -0.4 is 5.32 Å². The van der Waals surface area contributed by atoms with Crippen molar-refractivity contribution < 1.29 is 13.5 Å². The summed E-state index contributed by atoms with van der Waals surface area (Å²) in [6.45, 7) is 7.00. The minimum Gasteiger partial charge on any atom is -0.461 e. The number of fused-ring (bicyclic) bond motifs is 1. The summed E-state index contributed by atoms with van der Waals surface area (Å²) in [6.07, 6.45) is 2.03. The zero-order valence-corrected chi connectivity index (χ0v) is 11.9. The van der Waals surface area contributed by atoms with Gasteiger partial charge in [0.1, 0.15) is 11.8 Å². The Labute approximate surface area is 118 Å². The van der Waals surface area contributed by atoms with Gasteiger partial charge in [-0.15, -0.1) is 0 Å². The van der Waals surface area contributed by atoms with Crippen molar-refractivity contribution in [1.29, 1.82) is 0 Å². The summed E-state index contributed by atoms with van der Waals surface area (Å²) < 4.78 is 23.9. The second-order valence-electron chi connectivity index (χ2n) is 6.20. The van der Waals surface area contributed by atoms with Gasteiger partial charge in [-0.25, -0.2) is 4.39 Å². The SMILES string of the molecule is CC(Cc1ccc2occ(F)c2c1)NCC1(C)COC1. The highest BCUT2D eigenvalue weighted by Gasteiger charge is 2.33. The molecule has 1 saturated heterocycles. The third-order valence-electron chi connectivity index (χ3n) is 3.91. The highest BCUT2D eigenvalue weighted by molar-refractivity contribution is 5.78. The van der Waals surface area contributed by atoms with Gasteiger partial charge < -0.3 is 14.5 Å². The number of hydrogen-bond donors (Lipinski definition) is 1. The van der Waals surface area contributed by atoms with Crippen molar-refractivity contribution >= 4 is 11.0 Å². The van der Waals surface area contributed by atoms with Crippen LogP contribution in [0.5, 0.6) is 0 Å². The van der Waals surface area contributed by atoms with Crippen LogP contribution in [-0.4, -0.2) is 25.8 Å². The smallest absolute Gasteiger partial charge is 0.169 e. The molecule has 4 heteroatoms. The second-order valence-corrected chi connectivity index (χ2v) is 6.20. The van der Waals surface area contributed by atoms with E-state index in [0.29, 0.717) is 17.0 Å². The van der Waals surface area contributed by atoms with Crippen LogP contribution >= 0.6 is 0 Å². The maximum Gasteiger partial charge on any atom is 0.169 e. The van der Waals surface area contributed by atoms with E-state index in [9.17, 15) is 4.39 Å². The summed E-state index contributed by atoms with van der Waals surface area (Å²) >= 11 is 0. The van der Waals surface area contributed by atoms with Gasteiger partial charge >= 0.3 is 0 Å². The van der Waals surface area contributed by atoms with Crippen LogP contribution in [0.15, 0.2) is 28.9 Å². The van der Waals surface area contributed by atoms with E-state index >= 15 is 0 Å². The molecule has 0 aliphatic carbocycles. The van der Waals surface area contributed by atoms with E-state index in [1.165, 1.54) is 0 Å². The van der Waals surface area contributed by atoms with Crippen LogP contribution in [0, 0.1) is 11.2 Å². The first kappa shape index (κ1) is 13.6. The number of nitrogens with one attached hydrogen (secondary N) is 1. The van der Waals surface area contributed by atoms with E-state index in [1.807, 2.05) is 18.2 Å². The normalized spacial score (nSPS) is 18.9. The number of benzene rings is 1. The third kappa shape index (κ3) is 2.72. The van der Waals surface area contributed by atoms with Gasteiger partial charge in [0.15, 0.2) is 5.82 Å². The molecule has 0 bridgehead atoms. The molecule has 1 N–H and O–H groups in total. The molecular weight excluding hydrogens is 257 g/mol. The lowest BCUT2D eigenvalue weighted by Gasteiger charge is -2.39. The highest BCUT2D eigenvalue weighted by atomic mass is 19.1. The van der Waals surface area contributed by atoms with Crippen molar-refractivity contribution in [3.63, 3.8) is 0 Å². The maximum atomic E-state index is 13.5. The van der Waals surface area contributed by atoms with Crippen molar-refractivity contribution in [2.45, 2.75) is 26.3 Å². The molecule has 108 valence electrons. The third-order valence-corrected chi connectivity index (χ3v) is 3.91. The topological polar surface area (TPSA) is 34.4 Å². The zero-order chi connectivity index (χ0) is 14.2. The Balaban J connectivity index is 1.61. The van der Waals surface area contributed by atoms with E-state index in [4.69, 9.17) is 9.15 Å². The summed E-state index contributed by atoms with van der Waals surface area (Å²) in [6, 6.07) is 6.06. The molecule has 0 spiro atoms. The minimum absolute atomic E-state index is 0.273. The van der Waals surface area contributed by atoms with Crippen molar-refractivity contribution in [3.8, 4) is 0 Å². The number of rotatable bonds is 5. The molecule has 3 rings (SSSR count). The molecule has 1 aliphatic heterocycles. The molecule has 0 saturated carbocycles. The first-order valence-electron chi connectivity index (χ1n) is 7.02. The zero-order valence-electron chi connectivity index (χ0n) is 11.9. The summed E-state index contributed by atoms with van der Waals surface area (Å²) in [5.41, 5.74) is 1.99. The molecule has 1 fully saturated rings. The van der Waals surface area contributed by atoms with Gasteiger partial charge in [0.25, 0.3) is 0 Å². The van der Waals surface area contributed by atoms with E-state index < -0.39 is 0 Å². The number of ether oxygens (including phenoxy) is 1. The summed E-state index contributed by atoms with van der Waals surface area (Å²) in [5.74, 6) is -0.290. The van der Waals surface area contributed by atoms with Crippen molar-refractivity contribution in [1.82, 2.24) is 5.32 Å². The molecule has 0 amide bonds. The van der Waals surface area contributed by atoms with Crippen molar-refractivity contribution in [3.05, 3.63) is 35.8 Å². The van der Waals surface area contributed by atoms with Crippen LogP contribution in [-0.2, 0) is 11.2 Å². The summed E-state index contributed by atoms with van der Waals surface area (Å²) in [5, 5.41) is 4.10. The number of halogens is 1. The van der Waals surface area contributed by atoms with Gasteiger partial charge in [0.2, 0.25) is 0 Å². The van der Waals surface area contributed by atoms with Gasteiger partial charge in [0.05, 0.1) is 18.6 Å². The molecule has 1 aliphatic rings. The highest BCUT2D eigenvalue weighted by Crippen LogP contribution is 2.25. The lowest BCUT2D eigenvalue weighted by Crippen LogP contribution is -2.49. The molecule has 2 heterocycles. The summed E-state index contributed by atoms with van der Waals surface area (Å²) in [7, 11) is 0. The molecule has 3 nitrogen and oxygen atoms in total. The average molecular weight is 277 g/mol. The molecule has 2 aromatic rings. The van der Waals surface area contributed by atoms with Crippen LogP contribution in [0.25, 0.3) is 11.0 Å². The quantitative estimate of drug-likeness (QED) is 0.911. The van der Waals surface area contributed by atoms with Crippen LogP contribution in [0.1, 0.15) is 19.4 Å². The predicted octanol–water partition coefficient (Wildman–Crippen LogP) is 3.13. The fraction of sp³-hybridized carbons (Fsp3) is 0.500. The van der Waals surface area contributed by atoms with Crippen molar-refractivity contribution in [2.75, 3.05) is 19.8 Å². The first-order chi connectivity index (χ1) is 9.56. The van der Waals surface area contributed by atoms with E-state index in [2.05, 4.69) is 19.2 Å². The van der Waals surface area contributed by atoms with E-state index in [-0.39, 0.29) is 11.2 Å². The molecule has 1 atom stereocenters. The molecular formula is C16H20FNO2. The van der Waals surface area contributed by atoms with Crippen molar-refractivity contribution in [2.24, 2.45) is 5.41 Å². The van der Waals surface area contributed by atoms with Crippen LogP contribution in [0.3, 0.4) is 0 Å². The number of furan rings is 1. The first-order valence-corrected chi connectivity index (χ1v) is 7.02. The Hall–Kier alpha value is -1.39. The Morgan fingerprint density at radius 3 is 2.90 bits per heavy atom. The van der Waals surface area contributed by atoms with Gasteiger partial charge in [0, 0.05) is 18.0 Å². The number of hydrogen-bond acceptors (Lipinski definition) is 3. The summed E-state index contributed by atoms with van der Waals surface area (Å²) in [4.78, 5) is 0. The Morgan fingerprint density at radius 1 is 1.40 bits per heavy atom. The predicted molar refractivity (Wildman–Crippen MR) is 76.3 cm³/mol. The fourth-order valence-electron chi connectivity index (χ4n) is 2.57. The monoisotopic (exact) mass is 277 g/mol. The van der Waals surface area contributed by atoms with E-state index in [0.717, 1.165) is 38.0 Å². The molecule has 20 heavy (non-hydrogen) atoms. The molecule has 1 aromatic heterocycles. The molecule has 0 radical (unpaired) electrons. The second kappa shape index (κ2) is 5.19. The average Bonchev–Trinajstić information content (AvgIpc) is 2.76. The Kier molecular flexibility index (Phi) is 3.52. The van der Waals surface area contributed by atoms with E-state index in [1.54, 1.807) is 0 Å². The molecule has 1 unspecified atom stereocenters. The Morgan fingerprint density at radius 2 is 2.20 bits per heavy atom.